The lowest BCUT2D eigenvalue weighted by Gasteiger charge is -2.24. The molecule has 1 N–H and O–H groups in total. The number of ether oxygens (including phenoxy) is 2. The van der Waals surface area contributed by atoms with Gasteiger partial charge in [0.2, 0.25) is 0 Å². The van der Waals surface area contributed by atoms with Gasteiger partial charge in [-0.2, -0.15) is 10.4 Å². The smallest absolute Gasteiger partial charge is 0.410 e. The molecule has 0 radical (unpaired) electrons. The summed E-state index contributed by atoms with van der Waals surface area (Å²) in [6.45, 7) is 6.53. The van der Waals surface area contributed by atoms with Crippen molar-refractivity contribution in [2.45, 2.75) is 38.9 Å². The van der Waals surface area contributed by atoms with E-state index in [1.807, 2.05) is 26.8 Å². The van der Waals surface area contributed by atoms with Gasteiger partial charge in [0, 0.05) is 18.4 Å². The van der Waals surface area contributed by atoms with Gasteiger partial charge in [-0.25, -0.2) is 4.79 Å². The second-order valence-corrected chi connectivity index (χ2v) is 6.84. The van der Waals surface area contributed by atoms with Gasteiger partial charge in [0.15, 0.2) is 5.75 Å². The highest BCUT2D eigenvalue weighted by Gasteiger charge is 2.31. The molecule has 1 fully saturated rings. The molecule has 1 aliphatic rings. The third kappa shape index (κ3) is 3.27. The predicted octanol–water partition coefficient (Wildman–Crippen LogP) is 2.82. The maximum atomic E-state index is 12.1. The number of amides is 1. The number of nitrogens with zero attached hydrogens (tertiary/aromatic N) is 3. The molecule has 0 bridgehead atoms. The Morgan fingerprint density at radius 1 is 1.46 bits per heavy atom. The van der Waals surface area contributed by atoms with Crippen molar-refractivity contribution in [1.29, 1.82) is 5.26 Å². The second-order valence-electron chi connectivity index (χ2n) is 6.84. The molecule has 0 aliphatic carbocycles. The number of nitrogens with one attached hydrogen (secondary N) is 1. The van der Waals surface area contributed by atoms with Gasteiger partial charge in [0.1, 0.15) is 23.3 Å². The van der Waals surface area contributed by atoms with Crippen molar-refractivity contribution in [1.82, 2.24) is 15.1 Å². The summed E-state index contributed by atoms with van der Waals surface area (Å²) in [5.41, 5.74) is 0.623. The third-order valence-electron chi connectivity index (χ3n) is 3.77. The summed E-state index contributed by atoms with van der Waals surface area (Å²) in [5.74, 6) is 0.489. The molecular weight excluding hydrogens is 308 g/mol. The first kappa shape index (κ1) is 16.1. The summed E-state index contributed by atoms with van der Waals surface area (Å²) >= 11 is 0. The van der Waals surface area contributed by atoms with Gasteiger partial charge in [-0.05, 0) is 32.9 Å². The minimum Gasteiger partial charge on any atom is -0.485 e. The molecule has 1 aliphatic heterocycles. The number of aromatic amines is 1. The first-order valence-corrected chi connectivity index (χ1v) is 7.88. The summed E-state index contributed by atoms with van der Waals surface area (Å²) in [4.78, 5) is 13.8. The Hall–Kier alpha value is -2.75. The summed E-state index contributed by atoms with van der Waals surface area (Å²) < 4.78 is 11.4. The SMILES string of the molecule is CC(C)(C)OC(=O)N1CCC(Oc2c(C#N)ccc3cn[nH]c23)C1. The largest absolute Gasteiger partial charge is 0.485 e. The molecule has 3 rings (SSSR count). The van der Waals surface area contributed by atoms with Gasteiger partial charge in [-0.15, -0.1) is 0 Å². The average molecular weight is 328 g/mol. The van der Waals surface area contributed by atoms with E-state index in [-0.39, 0.29) is 12.2 Å². The topological polar surface area (TPSA) is 91.2 Å². The van der Waals surface area contributed by atoms with E-state index in [9.17, 15) is 10.1 Å². The van der Waals surface area contributed by atoms with Crippen molar-refractivity contribution in [3.63, 3.8) is 0 Å². The molecule has 0 saturated carbocycles. The highest BCUT2D eigenvalue weighted by atomic mass is 16.6. The first-order chi connectivity index (χ1) is 11.4. The number of carbonyl (C=O) groups excluding carboxylic acids is 1. The van der Waals surface area contributed by atoms with Crippen molar-refractivity contribution < 1.29 is 14.3 Å². The van der Waals surface area contributed by atoms with Gasteiger partial charge in [-0.1, -0.05) is 0 Å². The Morgan fingerprint density at radius 2 is 2.25 bits per heavy atom. The molecule has 1 saturated heterocycles. The van der Waals surface area contributed by atoms with Gasteiger partial charge in [-0.3, -0.25) is 5.10 Å². The normalized spacial score (nSPS) is 17.8. The van der Waals surface area contributed by atoms with Crippen molar-refractivity contribution in [2.75, 3.05) is 13.1 Å². The fourth-order valence-corrected chi connectivity index (χ4v) is 2.68. The number of hydrogen-bond acceptors (Lipinski definition) is 5. The first-order valence-electron chi connectivity index (χ1n) is 7.88. The van der Waals surface area contributed by atoms with Crippen LogP contribution in [-0.2, 0) is 4.74 Å². The quantitative estimate of drug-likeness (QED) is 0.915. The molecule has 7 nitrogen and oxygen atoms in total. The monoisotopic (exact) mass is 328 g/mol. The number of carbonyl (C=O) groups is 1. The number of hydrogen-bond donors (Lipinski definition) is 1. The van der Waals surface area contributed by atoms with E-state index in [0.29, 0.717) is 36.3 Å². The zero-order valence-electron chi connectivity index (χ0n) is 14.0. The number of likely N-dealkylation sites (tertiary alicyclic amines) is 1. The molecule has 1 amide bonds. The van der Waals surface area contributed by atoms with E-state index in [2.05, 4.69) is 16.3 Å². The molecule has 7 heteroatoms. The summed E-state index contributed by atoms with van der Waals surface area (Å²) in [6.07, 6.45) is 1.85. The van der Waals surface area contributed by atoms with Crippen LogP contribution in [0, 0.1) is 11.3 Å². The zero-order valence-corrected chi connectivity index (χ0v) is 14.0. The van der Waals surface area contributed by atoms with Crippen LogP contribution in [0.3, 0.4) is 0 Å². The highest BCUT2D eigenvalue weighted by molar-refractivity contribution is 5.86. The molecular formula is C17H20N4O3. The average Bonchev–Trinajstić information content (AvgIpc) is 3.14. The van der Waals surface area contributed by atoms with Crippen LogP contribution in [-0.4, -0.2) is 46.0 Å². The van der Waals surface area contributed by atoms with Crippen molar-refractivity contribution in [3.05, 3.63) is 23.9 Å². The van der Waals surface area contributed by atoms with Crippen molar-refractivity contribution >= 4 is 17.0 Å². The maximum Gasteiger partial charge on any atom is 0.410 e. The van der Waals surface area contributed by atoms with Gasteiger partial charge < -0.3 is 14.4 Å². The summed E-state index contributed by atoms with van der Waals surface area (Å²) in [6, 6.07) is 5.68. The van der Waals surface area contributed by atoms with E-state index in [0.717, 1.165) is 5.39 Å². The molecule has 0 spiro atoms. The number of nitriles is 1. The molecule has 1 aromatic heterocycles. The zero-order chi connectivity index (χ0) is 17.3. The van der Waals surface area contributed by atoms with Gasteiger partial charge >= 0.3 is 6.09 Å². The van der Waals surface area contributed by atoms with E-state index in [1.165, 1.54) is 0 Å². The van der Waals surface area contributed by atoms with Crippen LogP contribution in [0.2, 0.25) is 0 Å². The second kappa shape index (κ2) is 6.04. The predicted molar refractivity (Wildman–Crippen MR) is 87.6 cm³/mol. The number of rotatable bonds is 2. The van der Waals surface area contributed by atoms with E-state index in [1.54, 1.807) is 17.2 Å². The van der Waals surface area contributed by atoms with Crippen LogP contribution in [0.1, 0.15) is 32.8 Å². The van der Waals surface area contributed by atoms with Crippen molar-refractivity contribution in [3.8, 4) is 11.8 Å². The molecule has 2 aromatic rings. The van der Waals surface area contributed by atoms with Gasteiger partial charge in [0.25, 0.3) is 0 Å². The fraction of sp³-hybridized carbons (Fsp3) is 0.471. The molecule has 1 aromatic carbocycles. The van der Waals surface area contributed by atoms with E-state index >= 15 is 0 Å². The maximum absolute atomic E-state index is 12.1. The van der Waals surface area contributed by atoms with E-state index < -0.39 is 5.60 Å². The Morgan fingerprint density at radius 3 is 2.96 bits per heavy atom. The Balaban J connectivity index is 1.73. The van der Waals surface area contributed by atoms with Crippen LogP contribution in [0.15, 0.2) is 18.3 Å². The minimum absolute atomic E-state index is 0.182. The number of benzene rings is 1. The Bertz CT molecular complexity index is 800. The van der Waals surface area contributed by atoms with Gasteiger partial charge in [0.05, 0.1) is 18.3 Å². The molecule has 1 atom stereocenters. The van der Waals surface area contributed by atoms with Crippen LogP contribution < -0.4 is 4.74 Å². The van der Waals surface area contributed by atoms with Crippen LogP contribution in [0.5, 0.6) is 5.75 Å². The van der Waals surface area contributed by atoms with Crippen LogP contribution >= 0.6 is 0 Å². The summed E-state index contributed by atoms with van der Waals surface area (Å²) in [7, 11) is 0. The van der Waals surface area contributed by atoms with E-state index in [4.69, 9.17) is 9.47 Å². The Kier molecular flexibility index (Phi) is 4.06. The molecule has 126 valence electrons. The highest BCUT2D eigenvalue weighted by Crippen LogP contribution is 2.30. The summed E-state index contributed by atoms with van der Waals surface area (Å²) in [5, 5.41) is 17.1. The molecule has 2 heterocycles. The van der Waals surface area contributed by atoms with Crippen molar-refractivity contribution in [2.24, 2.45) is 0 Å². The fourth-order valence-electron chi connectivity index (χ4n) is 2.68. The number of fused-ring (bicyclic) bond motifs is 1. The number of H-pyrrole nitrogens is 1. The van der Waals surface area contributed by atoms with Crippen LogP contribution in [0.4, 0.5) is 4.79 Å². The van der Waals surface area contributed by atoms with Crippen LogP contribution in [0.25, 0.3) is 10.9 Å². The lowest BCUT2D eigenvalue weighted by Crippen LogP contribution is -2.36. The number of aromatic nitrogens is 2. The standard InChI is InChI=1S/C17H20N4O3/c1-17(2,3)24-16(22)21-7-6-13(10-21)23-15-11(8-18)4-5-12-9-19-20-14(12)15/h4-5,9,13H,6-7,10H2,1-3H3,(H,19,20). The molecule has 1 unspecified atom stereocenters. The lowest BCUT2D eigenvalue weighted by molar-refractivity contribution is 0.0276. The minimum atomic E-state index is -0.522. The molecule has 24 heavy (non-hydrogen) atoms. The third-order valence-corrected chi connectivity index (χ3v) is 3.77. The Labute approximate surface area is 140 Å². The lowest BCUT2D eigenvalue weighted by atomic mass is 10.1.